The fourth-order valence-electron chi connectivity index (χ4n) is 0.704. The SMILES string of the molecule is COCn1oc(CO)cc1=O. The maximum Gasteiger partial charge on any atom is 0.285 e. The lowest BCUT2D eigenvalue weighted by molar-refractivity contribution is 0.0491. The van der Waals surface area contributed by atoms with E-state index in [1.807, 2.05) is 0 Å². The van der Waals surface area contributed by atoms with Crippen molar-refractivity contribution in [2.45, 2.75) is 13.3 Å². The summed E-state index contributed by atoms with van der Waals surface area (Å²) >= 11 is 0. The zero-order valence-corrected chi connectivity index (χ0v) is 6.11. The van der Waals surface area contributed by atoms with E-state index in [1.165, 1.54) is 13.2 Å². The summed E-state index contributed by atoms with van der Waals surface area (Å²) in [7, 11) is 1.45. The second-order valence-corrected chi connectivity index (χ2v) is 1.99. The molecule has 0 atom stereocenters. The Morgan fingerprint density at radius 1 is 1.82 bits per heavy atom. The van der Waals surface area contributed by atoms with Crippen molar-refractivity contribution < 1.29 is 14.4 Å². The van der Waals surface area contributed by atoms with Crippen LogP contribution in [0.4, 0.5) is 0 Å². The summed E-state index contributed by atoms with van der Waals surface area (Å²) in [4.78, 5) is 10.9. The molecule has 0 aromatic carbocycles. The molecule has 0 unspecified atom stereocenters. The Balaban J connectivity index is 2.88. The van der Waals surface area contributed by atoms with Crippen molar-refractivity contribution in [1.29, 1.82) is 0 Å². The summed E-state index contributed by atoms with van der Waals surface area (Å²) in [6.45, 7) is -0.204. The lowest BCUT2D eigenvalue weighted by Crippen LogP contribution is -2.13. The van der Waals surface area contributed by atoms with Crippen LogP contribution in [0.5, 0.6) is 0 Å². The number of hydrogen-bond donors (Lipinski definition) is 1. The first-order chi connectivity index (χ1) is 5.27. The Bertz CT molecular complexity index is 274. The second kappa shape index (κ2) is 3.36. The van der Waals surface area contributed by atoms with Crippen molar-refractivity contribution >= 4 is 0 Å². The monoisotopic (exact) mass is 159 g/mol. The molecule has 62 valence electrons. The summed E-state index contributed by atoms with van der Waals surface area (Å²) in [6, 6.07) is 1.22. The number of aliphatic hydroxyl groups is 1. The summed E-state index contributed by atoms with van der Waals surface area (Å²) in [6.07, 6.45) is 0. The molecule has 5 heteroatoms. The second-order valence-electron chi connectivity index (χ2n) is 1.99. The van der Waals surface area contributed by atoms with Crippen LogP contribution in [-0.2, 0) is 18.1 Å². The standard InChI is InChI=1S/C6H9NO4/c1-10-4-7-6(9)2-5(3-8)11-7/h2,8H,3-4H2,1H3. The average Bonchev–Trinajstić information content (AvgIpc) is 2.33. The molecule has 0 fully saturated rings. The molecule has 0 saturated heterocycles. The van der Waals surface area contributed by atoms with Crippen molar-refractivity contribution in [1.82, 2.24) is 4.74 Å². The van der Waals surface area contributed by atoms with E-state index in [0.717, 1.165) is 4.74 Å². The Morgan fingerprint density at radius 2 is 2.55 bits per heavy atom. The lowest BCUT2D eigenvalue weighted by atomic mass is 10.5. The third-order valence-electron chi connectivity index (χ3n) is 1.16. The number of hydrogen-bond acceptors (Lipinski definition) is 4. The molecule has 0 amide bonds. The van der Waals surface area contributed by atoms with Crippen molar-refractivity contribution in [3.63, 3.8) is 0 Å². The van der Waals surface area contributed by atoms with Crippen LogP contribution in [0.15, 0.2) is 15.4 Å². The van der Waals surface area contributed by atoms with E-state index >= 15 is 0 Å². The van der Waals surface area contributed by atoms with Crippen molar-refractivity contribution in [3.8, 4) is 0 Å². The zero-order chi connectivity index (χ0) is 8.27. The first-order valence-electron chi connectivity index (χ1n) is 3.07. The predicted molar refractivity (Wildman–Crippen MR) is 35.9 cm³/mol. The third kappa shape index (κ3) is 1.69. The molecule has 1 aromatic rings. The number of ether oxygens (including phenoxy) is 1. The molecule has 0 aliphatic heterocycles. The van der Waals surface area contributed by atoms with Crippen LogP contribution in [-0.4, -0.2) is 17.0 Å². The van der Waals surface area contributed by atoms with Gasteiger partial charge in [0.2, 0.25) is 0 Å². The van der Waals surface area contributed by atoms with Gasteiger partial charge in [-0.05, 0) is 0 Å². The molecular weight excluding hydrogens is 150 g/mol. The van der Waals surface area contributed by atoms with E-state index in [1.54, 1.807) is 0 Å². The fraction of sp³-hybridized carbons (Fsp3) is 0.500. The van der Waals surface area contributed by atoms with E-state index in [2.05, 4.69) is 4.74 Å². The van der Waals surface area contributed by atoms with E-state index in [-0.39, 0.29) is 24.7 Å². The van der Waals surface area contributed by atoms with E-state index in [0.29, 0.717) is 0 Å². The minimum atomic E-state index is -0.309. The molecule has 1 rings (SSSR count). The predicted octanol–water partition coefficient (Wildman–Crippen LogP) is -0.462. The quantitative estimate of drug-likeness (QED) is 0.648. The van der Waals surface area contributed by atoms with Gasteiger partial charge in [0.05, 0.1) is 0 Å². The summed E-state index contributed by atoms with van der Waals surface area (Å²) in [5.74, 6) is 0.243. The highest BCUT2D eigenvalue weighted by atomic mass is 16.6. The molecule has 0 saturated carbocycles. The third-order valence-corrected chi connectivity index (χ3v) is 1.16. The Kier molecular flexibility index (Phi) is 2.45. The summed E-state index contributed by atoms with van der Waals surface area (Å²) in [5.41, 5.74) is -0.309. The molecular formula is C6H9NO4. The van der Waals surface area contributed by atoms with Crippen molar-refractivity contribution in [2.75, 3.05) is 7.11 Å². The van der Waals surface area contributed by atoms with Gasteiger partial charge in [-0.2, -0.15) is 0 Å². The molecule has 1 aromatic heterocycles. The Morgan fingerprint density at radius 3 is 3.00 bits per heavy atom. The van der Waals surface area contributed by atoms with Gasteiger partial charge in [0.25, 0.3) is 5.56 Å². The van der Waals surface area contributed by atoms with Gasteiger partial charge in [0.1, 0.15) is 6.61 Å². The largest absolute Gasteiger partial charge is 0.388 e. The molecule has 0 bridgehead atoms. The van der Waals surface area contributed by atoms with Crippen LogP contribution in [0.1, 0.15) is 5.76 Å². The van der Waals surface area contributed by atoms with E-state index in [9.17, 15) is 4.79 Å². The fourth-order valence-corrected chi connectivity index (χ4v) is 0.704. The molecule has 0 radical (unpaired) electrons. The normalized spacial score (nSPS) is 10.4. The van der Waals surface area contributed by atoms with Crippen LogP contribution >= 0.6 is 0 Å². The topological polar surface area (TPSA) is 64.6 Å². The molecule has 0 aliphatic rings. The van der Waals surface area contributed by atoms with Gasteiger partial charge in [-0.3, -0.25) is 4.79 Å². The summed E-state index contributed by atoms with van der Waals surface area (Å²) < 4.78 is 10.5. The molecule has 11 heavy (non-hydrogen) atoms. The zero-order valence-electron chi connectivity index (χ0n) is 6.11. The molecule has 1 heterocycles. The molecule has 5 nitrogen and oxygen atoms in total. The van der Waals surface area contributed by atoms with Crippen LogP contribution in [0.3, 0.4) is 0 Å². The van der Waals surface area contributed by atoms with Gasteiger partial charge >= 0.3 is 0 Å². The average molecular weight is 159 g/mol. The maximum absolute atomic E-state index is 10.9. The van der Waals surface area contributed by atoms with E-state index in [4.69, 9.17) is 9.63 Å². The maximum atomic E-state index is 10.9. The van der Waals surface area contributed by atoms with Crippen LogP contribution in [0, 0.1) is 0 Å². The summed E-state index contributed by atoms with van der Waals surface area (Å²) in [5, 5.41) is 8.56. The molecule has 1 N–H and O–H groups in total. The van der Waals surface area contributed by atoms with E-state index < -0.39 is 0 Å². The number of rotatable bonds is 3. The van der Waals surface area contributed by atoms with Gasteiger partial charge in [0.15, 0.2) is 12.5 Å². The Labute approximate surface area is 62.8 Å². The number of aliphatic hydroxyl groups excluding tert-OH is 1. The number of aromatic nitrogens is 1. The minimum Gasteiger partial charge on any atom is -0.388 e. The highest BCUT2D eigenvalue weighted by Gasteiger charge is 2.02. The van der Waals surface area contributed by atoms with Crippen LogP contribution < -0.4 is 5.56 Å². The number of nitrogens with zero attached hydrogens (tertiary/aromatic N) is 1. The first-order valence-corrected chi connectivity index (χ1v) is 3.07. The highest BCUT2D eigenvalue weighted by molar-refractivity contribution is 4.92. The Hall–Kier alpha value is -1.07. The molecule has 0 aliphatic carbocycles. The highest BCUT2D eigenvalue weighted by Crippen LogP contribution is 1.94. The van der Waals surface area contributed by atoms with Crippen molar-refractivity contribution in [3.05, 3.63) is 22.2 Å². The van der Waals surface area contributed by atoms with Gasteiger partial charge in [0, 0.05) is 13.2 Å². The smallest absolute Gasteiger partial charge is 0.285 e. The van der Waals surface area contributed by atoms with Crippen LogP contribution in [0.25, 0.3) is 0 Å². The molecule has 0 spiro atoms. The lowest BCUT2D eigenvalue weighted by Gasteiger charge is -1.95. The van der Waals surface area contributed by atoms with Crippen LogP contribution in [0.2, 0.25) is 0 Å². The van der Waals surface area contributed by atoms with Gasteiger partial charge < -0.3 is 14.4 Å². The van der Waals surface area contributed by atoms with Gasteiger partial charge in [-0.25, -0.2) is 0 Å². The van der Waals surface area contributed by atoms with Gasteiger partial charge in [-0.1, -0.05) is 0 Å². The van der Waals surface area contributed by atoms with Crippen molar-refractivity contribution in [2.24, 2.45) is 0 Å². The number of methoxy groups -OCH3 is 1. The minimum absolute atomic E-state index is 0.0683. The first kappa shape index (κ1) is 8.03. The van der Waals surface area contributed by atoms with Gasteiger partial charge in [-0.15, -0.1) is 4.74 Å².